The maximum absolute atomic E-state index is 5.93. The van der Waals surface area contributed by atoms with Gasteiger partial charge in [0.15, 0.2) is 0 Å². The third-order valence-corrected chi connectivity index (χ3v) is 4.01. The van der Waals surface area contributed by atoms with Crippen LogP contribution >= 0.6 is 27.3 Å². The highest BCUT2D eigenvalue weighted by atomic mass is 79.9. The molecule has 1 aromatic heterocycles. The number of aryl methyl sites for hydroxylation is 1. The Morgan fingerprint density at radius 2 is 2.38 bits per heavy atom. The first kappa shape index (κ1) is 11.2. The highest BCUT2D eigenvalue weighted by molar-refractivity contribution is 9.11. The fraction of sp³-hybridized carbons (Fsp3) is 0.556. The van der Waals surface area contributed by atoms with E-state index in [9.17, 15) is 0 Å². The van der Waals surface area contributed by atoms with Crippen LogP contribution in [0.3, 0.4) is 0 Å². The lowest BCUT2D eigenvalue weighted by Gasteiger charge is -2.08. The standard InChI is InChI=1S/C9H14BrNOS/c1-3-12-5-7(11)8-4-6(2)9(10)13-8/h4,7H,3,5,11H2,1-2H3. The highest BCUT2D eigenvalue weighted by Gasteiger charge is 2.10. The van der Waals surface area contributed by atoms with Crippen molar-refractivity contribution in [3.8, 4) is 0 Å². The molecular weight excluding hydrogens is 250 g/mol. The molecule has 1 aromatic rings. The minimum absolute atomic E-state index is 0.00921. The topological polar surface area (TPSA) is 35.2 Å². The quantitative estimate of drug-likeness (QED) is 0.907. The van der Waals surface area contributed by atoms with Crippen molar-refractivity contribution in [1.82, 2.24) is 0 Å². The van der Waals surface area contributed by atoms with Gasteiger partial charge < -0.3 is 10.5 Å². The van der Waals surface area contributed by atoms with E-state index in [1.807, 2.05) is 6.92 Å². The number of rotatable bonds is 4. The van der Waals surface area contributed by atoms with Gasteiger partial charge in [-0.1, -0.05) is 0 Å². The van der Waals surface area contributed by atoms with E-state index in [-0.39, 0.29) is 6.04 Å². The summed E-state index contributed by atoms with van der Waals surface area (Å²) in [4.78, 5) is 1.18. The molecule has 2 N–H and O–H groups in total. The molecule has 0 bridgehead atoms. The Bertz CT molecular complexity index is 255. The molecule has 0 aliphatic rings. The fourth-order valence-electron chi connectivity index (χ4n) is 0.993. The zero-order valence-corrected chi connectivity index (χ0v) is 10.2. The molecule has 0 aliphatic heterocycles. The summed E-state index contributed by atoms with van der Waals surface area (Å²) in [5.41, 5.74) is 7.17. The number of thiophene rings is 1. The lowest BCUT2D eigenvalue weighted by Crippen LogP contribution is -2.15. The number of ether oxygens (including phenoxy) is 1. The van der Waals surface area contributed by atoms with Crippen molar-refractivity contribution in [1.29, 1.82) is 0 Å². The van der Waals surface area contributed by atoms with E-state index >= 15 is 0 Å². The van der Waals surface area contributed by atoms with Crippen molar-refractivity contribution >= 4 is 27.3 Å². The Morgan fingerprint density at radius 1 is 1.69 bits per heavy atom. The Hall–Kier alpha value is 0.1000. The van der Waals surface area contributed by atoms with Gasteiger partial charge in [0, 0.05) is 11.5 Å². The maximum atomic E-state index is 5.93. The summed E-state index contributed by atoms with van der Waals surface area (Å²) in [6, 6.07) is 2.12. The van der Waals surface area contributed by atoms with Gasteiger partial charge in [-0.15, -0.1) is 11.3 Å². The average molecular weight is 264 g/mol. The second kappa shape index (κ2) is 5.10. The third kappa shape index (κ3) is 3.06. The Kier molecular flexibility index (Phi) is 4.38. The summed E-state index contributed by atoms with van der Waals surface area (Å²) in [5.74, 6) is 0. The van der Waals surface area contributed by atoms with Gasteiger partial charge in [-0.25, -0.2) is 0 Å². The molecule has 0 aliphatic carbocycles. The lowest BCUT2D eigenvalue weighted by molar-refractivity contribution is 0.134. The molecule has 1 unspecified atom stereocenters. The average Bonchev–Trinajstić information content (AvgIpc) is 2.43. The highest BCUT2D eigenvalue weighted by Crippen LogP contribution is 2.30. The van der Waals surface area contributed by atoms with Gasteiger partial charge in [0.25, 0.3) is 0 Å². The van der Waals surface area contributed by atoms with E-state index in [1.165, 1.54) is 10.4 Å². The molecule has 1 rings (SSSR count). The van der Waals surface area contributed by atoms with Gasteiger partial charge in [-0.05, 0) is 41.4 Å². The van der Waals surface area contributed by atoms with E-state index in [0.717, 1.165) is 10.4 Å². The van der Waals surface area contributed by atoms with Gasteiger partial charge in [0.1, 0.15) is 0 Å². The maximum Gasteiger partial charge on any atom is 0.0731 e. The Labute approximate surface area is 91.2 Å². The van der Waals surface area contributed by atoms with Crippen molar-refractivity contribution in [3.05, 3.63) is 20.3 Å². The predicted octanol–water partition coefficient (Wildman–Crippen LogP) is 2.86. The zero-order valence-electron chi connectivity index (χ0n) is 7.84. The van der Waals surface area contributed by atoms with Crippen LogP contribution in [-0.4, -0.2) is 13.2 Å². The summed E-state index contributed by atoms with van der Waals surface area (Å²) in [6.45, 7) is 5.36. The molecule has 0 fully saturated rings. The molecular formula is C9H14BrNOS. The zero-order chi connectivity index (χ0) is 9.84. The largest absolute Gasteiger partial charge is 0.380 e. The molecule has 0 aromatic carbocycles. The van der Waals surface area contributed by atoms with Crippen LogP contribution in [0.25, 0.3) is 0 Å². The monoisotopic (exact) mass is 263 g/mol. The summed E-state index contributed by atoms with van der Waals surface area (Å²) < 4.78 is 6.43. The molecule has 2 nitrogen and oxygen atoms in total. The molecule has 0 spiro atoms. The minimum atomic E-state index is 0.00921. The van der Waals surface area contributed by atoms with Crippen LogP contribution in [0.4, 0.5) is 0 Å². The normalized spacial score (nSPS) is 13.2. The second-order valence-corrected chi connectivity index (χ2v) is 5.27. The molecule has 1 heterocycles. The van der Waals surface area contributed by atoms with Gasteiger partial charge in [0.2, 0.25) is 0 Å². The summed E-state index contributed by atoms with van der Waals surface area (Å²) in [6.07, 6.45) is 0. The van der Waals surface area contributed by atoms with Gasteiger partial charge >= 0.3 is 0 Å². The summed E-state index contributed by atoms with van der Waals surface area (Å²) in [7, 11) is 0. The molecule has 74 valence electrons. The van der Waals surface area contributed by atoms with Crippen molar-refractivity contribution in [2.24, 2.45) is 5.73 Å². The van der Waals surface area contributed by atoms with Crippen LogP contribution in [0.5, 0.6) is 0 Å². The van der Waals surface area contributed by atoms with E-state index in [1.54, 1.807) is 11.3 Å². The predicted molar refractivity (Wildman–Crippen MR) is 60.2 cm³/mol. The van der Waals surface area contributed by atoms with Gasteiger partial charge in [-0.2, -0.15) is 0 Å². The lowest BCUT2D eigenvalue weighted by atomic mass is 10.2. The first-order valence-electron chi connectivity index (χ1n) is 4.24. The van der Waals surface area contributed by atoms with Crippen molar-refractivity contribution in [3.63, 3.8) is 0 Å². The number of nitrogens with two attached hydrogens (primary N) is 1. The smallest absolute Gasteiger partial charge is 0.0731 e. The van der Waals surface area contributed by atoms with Crippen LogP contribution in [0, 0.1) is 6.92 Å². The molecule has 0 saturated carbocycles. The molecule has 0 amide bonds. The number of hydrogen-bond donors (Lipinski definition) is 1. The van der Waals surface area contributed by atoms with Crippen molar-refractivity contribution < 1.29 is 4.74 Å². The Morgan fingerprint density at radius 3 is 2.85 bits per heavy atom. The molecule has 1 atom stereocenters. The van der Waals surface area contributed by atoms with Crippen LogP contribution in [-0.2, 0) is 4.74 Å². The van der Waals surface area contributed by atoms with E-state index < -0.39 is 0 Å². The Balaban J connectivity index is 2.60. The van der Waals surface area contributed by atoms with Crippen LogP contribution in [0.15, 0.2) is 9.85 Å². The van der Waals surface area contributed by atoms with E-state index in [2.05, 4.69) is 28.9 Å². The van der Waals surface area contributed by atoms with Crippen LogP contribution < -0.4 is 5.73 Å². The second-order valence-electron chi connectivity index (χ2n) is 2.87. The third-order valence-electron chi connectivity index (χ3n) is 1.74. The van der Waals surface area contributed by atoms with Crippen molar-refractivity contribution in [2.45, 2.75) is 19.9 Å². The number of halogens is 1. The molecule has 0 radical (unpaired) electrons. The summed E-state index contributed by atoms with van der Waals surface area (Å²) in [5, 5.41) is 0. The van der Waals surface area contributed by atoms with Gasteiger partial charge in [-0.3, -0.25) is 0 Å². The summed E-state index contributed by atoms with van der Waals surface area (Å²) >= 11 is 5.16. The molecule has 0 saturated heterocycles. The minimum Gasteiger partial charge on any atom is -0.380 e. The first-order chi connectivity index (χ1) is 6.15. The number of hydrogen-bond acceptors (Lipinski definition) is 3. The molecule has 4 heteroatoms. The van der Waals surface area contributed by atoms with E-state index in [0.29, 0.717) is 6.61 Å². The SMILES string of the molecule is CCOCC(N)c1cc(C)c(Br)s1. The molecule has 13 heavy (non-hydrogen) atoms. The van der Waals surface area contributed by atoms with Crippen LogP contribution in [0.1, 0.15) is 23.4 Å². The van der Waals surface area contributed by atoms with Gasteiger partial charge in [0.05, 0.1) is 16.4 Å². The fourth-order valence-corrected chi connectivity index (χ4v) is 2.55. The van der Waals surface area contributed by atoms with E-state index in [4.69, 9.17) is 10.5 Å². The van der Waals surface area contributed by atoms with Crippen LogP contribution in [0.2, 0.25) is 0 Å². The van der Waals surface area contributed by atoms with Crippen molar-refractivity contribution in [2.75, 3.05) is 13.2 Å². The first-order valence-corrected chi connectivity index (χ1v) is 5.85.